The number of nitro groups is 1. The topological polar surface area (TPSA) is 111 Å². The lowest BCUT2D eigenvalue weighted by molar-refractivity contribution is -0.384. The largest absolute Gasteiger partial charge is 0.275 e. The maximum atomic E-state index is 10.9. The minimum atomic E-state index is -0.491. The Bertz CT molecular complexity index is 864. The van der Waals surface area contributed by atoms with Gasteiger partial charge in [0.2, 0.25) is 5.82 Å². The van der Waals surface area contributed by atoms with E-state index in [2.05, 4.69) is 15.0 Å². The first-order chi connectivity index (χ1) is 9.70. The Morgan fingerprint density at radius 3 is 2.90 bits per heavy atom. The molecule has 0 amide bonds. The maximum absolute atomic E-state index is 10.9. The van der Waals surface area contributed by atoms with Gasteiger partial charge in [-0.1, -0.05) is 0 Å². The van der Waals surface area contributed by atoms with Crippen LogP contribution in [0.5, 0.6) is 0 Å². The third-order valence-corrected chi connectivity index (χ3v) is 2.78. The summed E-state index contributed by atoms with van der Waals surface area (Å²) in [6.45, 7) is 0. The standard InChI is InChI=1S/C12H6N6O2/c13-6-11-14-3-4-17(11)12-9-5-8(18(19)20)1-2-10(9)15-7-16-12/h1-5,7H. The van der Waals surface area contributed by atoms with Crippen molar-refractivity contribution < 1.29 is 4.92 Å². The van der Waals surface area contributed by atoms with Crippen LogP contribution in [0.25, 0.3) is 16.7 Å². The molecule has 0 aliphatic heterocycles. The maximum Gasteiger partial charge on any atom is 0.270 e. The highest BCUT2D eigenvalue weighted by atomic mass is 16.6. The van der Waals surface area contributed by atoms with E-state index < -0.39 is 4.92 Å². The summed E-state index contributed by atoms with van der Waals surface area (Å²) in [5.41, 5.74) is 0.491. The van der Waals surface area contributed by atoms with Crippen molar-refractivity contribution in [3.8, 4) is 11.9 Å². The van der Waals surface area contributed by atoms with Crippen LogP contribution in [0.3, 0.4) is 0 Å². The normalized spacial score (nSPS) is 10.3. The van der Waals surface area contributed by atoms with E-state index in [1.807, 2.05) is 6.07 Å². The predicted molar refractivity (Wildman–Crippen MR) is 68.0 cm³/mol. The van der Waals surface area contributed by atoms with Gasteiger partial charge in [-0.25, -0.2) is 15.0 Å². The van der Waals surface area contributed by atoms with Crippen molar-refractivity contribution >= 4 is 16.6 Å². The minimum Gasteiger partial charge on any atom is -0.275 e. The first kappa shape index (κ1) is 11.7. The predicted octanol–water partition coefficient (Wildman–Crippen LogP) is 1.60. The van der Waals surface area contributed by atoms with E-state index in [1.165, 1.54) is 29.2 Å². The fourth-order valence-corrected chi connectivity index (χ4v) is 1.89. The van der Waals surface area contributed by atoms with E-state index >= 15 is 0 Å². The molecule has 8 nitrogen and oxygen atoms in total. The van der Waals surface area contributed by atoms with Gasteiger partial charge in [0.05, 0.1) is 15.8 Å². The summed E-state index contributed by atoms with van der Waals surface area (Å²) in [6.07, 6.45) is 4.37. The molecule has 0 spiro atoms. The fraction of sp³-hybridized carbons (Fsp3) is 0. The van der Waals surface area contributed by atoms with Crippen molar-refractivity contribution in [3.05, 3.63) is 52.9 Å². The molecule has 0 saturated carbocycles. The lowest BCUT2D eigenvalue weighted by atomic mass is 10.2. The van der Waals surface area contributed by atoms with Crippen molar-refractivity contribution in [2.75, 3.05) is 0 Å². The van der Waals surface area contributed by atoms with Crippen LogP contribution in [0.4, 0.5) is 5.69 Å². The van der Waals surface area contributed by atoms with Gasteiger partial charge in [0.1, 0.15) is 18.2 Å². The average molecular weight is 266 g/mol. The van der Waals surface area contributed by atoms with Gasteiger partial charge in [0.25, 0.3) is 5.69 Å². The van der Waals surface area contributed by atoms with Gasteiger partial charge >= 0.3 is 0 Å². The van der Waals surface area contributed by atoms with E-state index in [9.17, 15) is 10.1 Å². The molecule has 0 saturated heterocycles. The first-order valence-corrected chi connectivity index (χ1v) is 5.53. The number of fused-ring (bicyclic) bond motifs is 1. The van der Waals surface area contributed by atoms with E-state index in [-0.39, 0.29) is 11.5 Å². The van der Waals surface area contributed by atoms with Crippen molar-refractivity contribution in [2.45, 2.75) is 0 Å². The zero-order chi connectivity index (χ0) is 14.1. The van der Waals surface area contributed by atoms with Gasteiger partial charge < -0.3 is 0 Å². The zero-order valence-corrected chi connectivity index (χ0v) is 9.96. The van der Waals surface area contributed by atoms with Crippen LogP contribution < -0.4 is 0 Å². The van der Waals surface area contributed by atoms with E-state index in [1.54, 1.807) is 12.3 Å². The number of non-ortho nitro benzene ring substituents is 1. The number of nitro benzene ring substituents is 1. The molecule has 0 unspecified atom stereocenters. The number of nitrogens with zero attached hydrogens (tertiary/aromatic N) is 6. The fourth-order valence-electron chi connectivity index (χ4n) is 1.89. The highest BCUT2D eigenvalue weighted by molar-refractivity contribution is 5.87. The molecule has 96 valence electrons. The molecule has 20 heavy (non-hydrogen) atoms. The second kappa shape index (κ2) is 4.40. The molecule has 0 bridgehead atoms. The van der Waals surface area contributed by atoms with E-state index in [0.29, 0.717) is 16.7 Å². The summed E-state index contributed by atoms with van der Waals surface area (Å²) in [6, 6.07) is 6.23. The van der Waals surface area contributed by atoms with Crippen LogP contribution in [0.15, 0.2) is 36.9 Å². The van der Waals surface area contributed by atoms with Gasteiger partial charge in [0, 0.05) is 24.5 Å². The zero-order valence-electron chi connectivity index (χ0n) is 9.96. The molecule has 0 atom stereocenters. The molecule has 3 rings (SSSR count). The number of imidazole rings is 1. The molecule has 0 aliphatic carbocycles. The molecular weight excluding hydrogens is 260 g/mol. The van der Waals surface area contributed by atoms with Crippen molar-refractivity contribution in [1.82, 2.24) is 19.5 Å². The van der Waals surface area contributed by atoms with E-state index in [4.69, 9.17) is 5.26 Å². The number of rotatable bonds is 2. The molecule has 2 aromatic heterocycles. The Hall–Kier alpha value is -3.34. The van der Waals surface area contributed by atoms with Crippen LogP contribution in [-0.2, 0) is 0 Å². The number of nitriles is 1. The second-order valence-corrected chi connectivity index (χ2v) is 3.89. The molecule has 0 aliphatic rings. The Labute approximate surface area is 112 Å². The third kappa shape index (κ3) is 1.74. The summed E-state index contributed by atoms with van der Waals surface area (Å²) in [5.74, 6) is 0.532. The third-order valence-electron chi connectivity index (χ3n) is 2.78. The van der Waals surface area contributed by atoms with Crippen molar-refractivity contribution in [1.29, 1.82) is 5.26 Å². The average Bonchev–Trinajstić information content (AvgIpc) is 2.94. The second-order valence-electron chi connectivity index (χ2n) is 3.89. The number of hydrogen-bond acceptors (Lipinski definition) is 6. The molecule has 8 heteroatoms. The monoisotopic (exact) mass is 266 g/mol. The van der Waals surface area contributed by atoms with Crippen LogP contribution in [0.2, 0.25) is 0 Å². The molecule has 1 aromatic carbocycles. The molecule has 2 heterocycles. The van der Waals surface area contributed by atoms with Gasteiger partial charge in [-0.05, 0) is 6.07 Å². The Morgan fingerprint density at radius 1 is 1.30 bits per heavy atom. The van der Waals surface area contributed by atoms with Crippen LogP contribution in [-0.4, -0.2) is 24.4 Å². The number of aromatic nitrogens is 4. The van der Waals surface area contributed by atoms with Gasteiger partial charge in [-0.15, -0.1) is 0 Å². The number of hydrogen-bond donors (Lipinski definition) is 0. The lowest BCUT2D eigenvalue weighted by Gasteiger charge is -2.06. The molecule has 0 N–H and O–H groups in total. The summed E-state index contributed by atoms with van der Waals surface area (Å²) >= 11 is 0. The van der Waals surface area contributed by atoms with Gasteiger partial charge in [-0.3, -0.25) is 14.7 Å². The van der Waals surface area contributed by atoms with Crippen LogP contribution in [0, 0.1) is 21.4 Å². The van der Waals surface area contributed by atoms with E-state index in [0.717, 1.165) is 0 Å². The molecule has 3 aromatic rings. The summed E-state index contributed by atoms with van der Waals surface area (Å²) in [4.78, 5) is 22.4. The SMILES string of the molecule is N#Cc1nccn1-c1ncnc2ccc([N+](=O)[O-])cc12. The summed E-state index contributed by atoms with van der Waals surface area (Å²) in [7, 11) is 0. The molecule has 0 radical (unpaired) electrons. The minimum absolute atomic E-state index is 0.0628. The summed E-state index contributed by atoms with van der Waals surface area (Å²) in [5, 5.41) is 20.3. The first-order valence-electron chi connectivity index (χ1n) is 5.53. The Balaban J connectivity index is 2.33. The van der Waals surface area contributed by atoms with Crippen LogP contribution in [0.1, 0.15) is 5.82 Å². The molecular formula is C12H6N6O2. The molecule has 0 fully saturated rings. The van der Waals surface area contributed by atoms with Crippen LogP contribution >= 0.6 is 0 Å². The number of benzene rings is 1. The van der Waals surface area contributed by atoms with Crippen molar-refractivity contribution in [3.63, 3.8) is 0 Å². The van der Waals surface area contributed by atoms with Gasteiger partial charge in [0.15, 0.2) is 0 Å². The Kier molecular flexibility index (Phi) is 2.58. The summed E-state index contributed by atoms with van der Waals surface area (Å²) < 4.78 is 1.47. The van der Waals surface area contributed by atoms with Crippen molar-refractivity contribution in [2.24, 2.45) is 0 Å². The van der Waals surface area contributed by atoms with Gasteiger partial charge in [-0.2, -0.15) is 5.26 Å². The highest BCUT2D eigenvalue weighted by Crippen LogP contribution is 2.24. The quantitative estimate of drug-likeness (QED) is 0.514. The lowest BCUT2D eigenvalue weighted by Crippen LogP contribution is -2.02. The highest BCUT2D eigenvalue weighted by Gasteiger charge is 2.13. The Morgan fingerprint density at radius 2 is 2.15 bits per heavy atom. The smallest absolute Gasteiger partial charge is 0.270 e.